The second-order valence-electron chi connectivity index (χ2n) is 4.04. The lowest BCUT2D eigenvalue weighted by Crippen LogP contribution is -1.98. The lowest BCUT2D eigenvalue weighted by molar-refractivity contribution is 0.174. The molecule has 0 bridgehead atoms. The number of nitrogens with two attached hydrogens (primary N) is 1. The van der Waals surface area contributed by atoms with E-state index in [-0.39, 0.29) is 19.2 Å². The second-order valence-corrected chi connectivity index (χ2v) is 4.04. The molecule has 3 rings (SSSR count). The maximum atomic E-state index is 5.74. The van der Waals surface area contributed by atoms with Crippen molar-refractivity contribution in [2.45, 2.75) is 6.61 Å². The van der Waals surface area contributed by atoms with Crippen molar-refractivity contribution in [2.24, 2.45) is 7.05 Å². The zero-order valence-electron chi connectivity index (χ0n) is 10.3. The van der Waals surface area contributed by atoms with E-state index < -0.39 is 0 Å². The van der Waals surface area contributed by atoms with Crippen LogP contribution in [0.15, 0.2) is 24.4 Å². The first-order valence-electron chi connectivity index (χ1n) is 5.53. The zero-order valence-corrected chi connectivity index (χ0v) is 11.1. The average molecular weight is 284 g/mol. The van der Waals surface area contributed by atoms with E-state index in [0.29, 0.717) is 18.2 Å². The van der Waals surface area contributed by atoms with E-state index in [1.807, 2.05) is 18.2 Å². The molecule has 1 aliphatic heterocycles. The SMILES string of the molecule is Cl.Cn1cc(N)c(OCc2ccc3c(c2)OCO3)n1. The summed E-state index contributed by atoms with van der Waals surface area (Å²) in [7, 11) is 1.80. The Balaban J connectivity index is 0.00000133. The van der Waals surface area contributed by atoms with Gasteiger partial charge in [0.2, 0.25) is 6.79 Å². The molecule has 0 fully saturated rings. The summed E-state index contributed by atoms with van der Waals surface area (Å²) in [5, 5.41) is 4.11. The molecule has 2 aromatic rings. The Bertz CT molecular complexity index is 586. The Kier molecular flexibility index (Phi) is 3.71. The van der Waals surface area contributed by atoms with Crippen molar-refractivity contribution < 1.29 is 14.2 Å². The Morgan fingerprint density at radius 2 is 2.16 bits per heavy atom. The summed E-state index contributed by atoms with van der Waals surface area (Å²) in [6.07, 6.45) is 1.70. The van der Waals surface area contributed by atoms with E-state index in [1.165, 1.54) is 0 Å². The summed E-state index contributed by atoms with van der Waals surface area (Å²) in [4.78, 5) is 0. The molecule has 2 heterocycles. The van der Waals surface area contributed by atoms with Crippen molar-refractivity contribution in [2.75, 3.05) is 12.5 Å². The van der Waals surface area contributed by atoms with E-state index >= 15 is 0 Å². The molecule has 6 nitrogen and oxygen atoms in total. The minimum atomic E-state index is 0. The quantitative estimate of drug-likeness (QED) is 0.929. The summed E-state index contributed by atoms with van der Waals surface area (Å²) in [6, 6.07) is 5.68. The molecule has 0 atom stereocenters. The molecule has 1 aromatic carbocycles. The van der Waals surface area contributed by atoms with Crippen LogP contribution in [0.5, 0.6) is 17.4 Å². The maximum Gasteiger partial charge on any atom is 0.256 e. The number of fused-ring (bicyclic) bond motifs is 1. The Morgan fingerprint density at radius 1 is 1.37 bits per heavy atom. The highest BCUT2D eigenvalue weighted by Gasteiger charge is 2.13. The molecule has 1 aliphatic rings. The van der Waals surface area contributed by atoms with Gasteiger partial charge in [0.1, 0.15) is 12.3 Å². The molecule has 2 N–H and O–H groups in total. The minimum absolute atomic E-state index is 0. The molecule has 19 heavy (non-hydrogen) atoms. The van der Waals surface area contributed by atoms with Crippen LogP contribution < -0.4 is 19.9 Å². The van der Waals surface area contributed by atoms with E-state index in [0.717, 1.165) is 17.1 Å². The van der Waals surface area contributed by atoms with Gasteiger partial charge in [-0.05, 0) is 17.7 Å². The first-order chi connectivity index (χ1) is 8.72. The van der Waals surface area contributed by atoms with Gasteiger partial charge < -0.3 is 19.9 Å². The fraction of sp³-hybridized carbons (Fsp3) is 0.250. The van der Waals surface area contributed by atoms with Gasteiger partial charge in [0, 0.05) is 7.05 Å². The highest BCUT2D eigenvalue weighted by atomic mass is 35.5. The average Bonchev–Trinajstić information content (AvgIpc) is 2.92. The number of nitrogen functional groups attached to an aromatic ring is 1. The van der Waals surface area contributed by atoms with E-state index in [2.05, 4.69) is 5.10 Å². The largest absolute Gasteiger partial charge is 0.470 e. The van der Waals surface area contributed by atoms with E-state index in [1.54, 1.807) is 17.9 Å². The van der Waals surface area contributed by atoms with Crippen molar-refractivity contribution in [3.05, 3.63) is 30.0 Å². The fourth-order valence-corrected chi connectivity index (χ4v) is 1.78. The Hall–Kier alpha value is -2.08. The van der Waals surface area contributed by atoms with Crippen LogP contribution in [0.25, 0.3) is 0 Å². The third-order valence-corrected chi connectivity index (χ3v) is 2.63. The highest BCUT2D eigenvalue weighted by Crippen LogP contribution is 2.32. The van der Waals surface area contributed by atoms with Crippen LogP contribution in [0.1, 0.15) is 5.56 Å². The molecule has 0 radical (unpaired) electrons. The molecule has 0 aliphatic carbocycles. The van der Waals surface area contributed by atoms with Gasteiger partial charge in [-0.2, -0.15) is 0 Å². The number of halogens is 1. The molecule has 0 saturated heterocycles. The summed E-state index contributed by atoms with van der Waals surface area (Å²) in [5.74, 6) is 1.94. The zero-order chi connectivity index (χ0) is 12.5. The predicted octanol–water partition coefficient (Wildman–Crippen LogP) is 1.73. The van der Waals surface area contributed by atoms with Gasteiger partial charge >= 0.3 is 0 Å². The fourth-order valence-electron chi connectivity index (χ4n) is 1.78. The smallest absolute Gasteiger partial charge is 0.256 e. The number of benzene rings is 1. The maximum absolute atomic E-state index is 5.74. The predicted molar refractivity (Wildman–Crippen MR) is 71.8 cm³/mol. The standard InChI is InChI=1S/C12H13N3O3.ClH/c1-15-5-9(13)12(14-15)16-6-8-2-3-10-11(4-8)18-7-17-10;/h2-5H,6-7,13H2,1H3;1H. The molecular formula is C12H14ClN3O3. The van der Waals surface area contributed by atoms with Gasteiger partial charge in [-0.15, -0.1) is 17.5 Å². The van der Waals surface area contributed by atoms with Crippen LogP contribution in [0.4, 0.5) is 5.69 Å². The lowest BCUT2D eigenvalue weighted by Gasteiger charge is -2.05. The van der Waals surface area contributed by atoms with Crippen LogP contribution in [-0.4, -0.2) is 16.6 Å². The van der Waals surface area contributed by atoms with Gasteiger partial charge in [0.15, 0.2) is 11.5 Å². The normalized spacial score (nSPS) is 12.1. The number of nitrogens with zero attached hydrogens (tertiary/aromatic N) is 2. The van der Waals surface area contributed by atoms with Gasteiger partial charge in [-0.25, -0.2) is 0 Å². The third kappa shape index (κ3) is 2.68. The van der Waals surface area contributed by atoms with Crippen LogP contribution in [-0.2, 0) is 13.7 Å². The number of hydrogen-bond donors (Lipinski definition) is 1. The van der Waals surface area contributed by atoms with Gasteiger partial charge in [0.05, 0.1) is 6.20 Å². The van der Waals surface area contributed by atoms with Crippen LogP contribution in [0.3, 0.4) is 0 Å². The monoisotopic (exact) mass is 283 g/mol. The first kappa shape index (κ1) is 13.4. The van der Waals surface area contributed by atoms with Crippen LogP contribution in [0.2, 0.25) is 0 Å². The molecule has 0 amide bonds. The third-order valence-electron chi connectivity index (χ3n) is 2.63. The van der Waals surface area contributed by atoms with Crippen molar-refractivity contribution >= 4 is 18.1 Å². The van der Waals surface area contributed by atoms with Crippen molar-refractivity contribution in [3.63, 3.8) is 0 Å². The Morgan fingerprint density at radius 3 is 2.89 bits per heavy atom. The molecule has 1 aromatic heterocycles. The number of aryl methyl sites for hydroxylation is 1. The van der Waals surface area contributed by atoms with E-state index in [9.17, 15) is 0 Å². The number of anilines is 1. The summed E-state index contributed by atoms with van der Waals surface area (Å²) in [5.41, 5.74) is 7.25. The number of rotatable bonds is 3. The molecule has 0 spiro atoms. The highest BCUT2D eigenvalue weighted by molar-refractivity contribution is 5.85. The first-order valence-corrected chi connectivity index (χ1v) is 5.53. The van der Waals surface area contributed by atoms with Crippen LogP contribution >= 0.6 is 12.4 Å². The minimum Gasteiger partial charge on any atom is -0.470 e. The topological polar surface area (TPSA) is 71.5 Å². The number of ether oxygens (including phenoxy) is 3. The molecule has 0 unspecified atom stereocenters. The lowest BCUT2D eigenvalue weighted by atomic mass is 10.2. The molecule has 7 heteroatoms. The molecule has 102 valence electrons. The Labute approximate surface area is 116 Å². The summed E-state index contributed by atoms with van der Waals surface area (Å²) in [6.45, 7) is 0.657. The van der Waals surface area contributed by atoms with Crippen LogP contribution in [0, 0.1) is 0 Å². The van der Waals surface area contributed by atoms with Crippen molar-refractivity contribution in [3.8, 4) is 17.4 Å². The number of aromatic nitrogens is 2. The molecule has 0 saturated carbocycles. The van der Waals surface area contributed by atoms with Gasteiger partial charge in [-0.3, -0.25) is 4.68 Å². The van der Waals surface area contributed by atoms with E-state index in [4.69, 9.17) is 19.9 Å². The summed E-state index contributed by atoms with van der Waals surface area (Å²) < 4.78 is 17.7. The van der Waals surface area contributed by atoms with Crippen molar-refractivity contribution in [1.29, 1.82) is 0 Å². The van der Waals surface area contributed by atoms with Gasteiger partial charge in [0.25, 0.3) is 5.88 Å². The molecular weight excluding hydrogens is 270 g/mol. The summed E-state index contributed by atoms with van der Waals surface area (Å²) >= 11 is 0. The van der Waals surface area contributed by atoms with Crippen molar-refractivity contribution in [1.82, 2.24) is 9.78 Å². The second kappa shape index (κ2) is 5.27. The number of hydrogen-bond acceptors (Lipinski definition) is 5. The van der Waals surface area contributed by atoms with Gasteiger partial charge in [-0.1, -0.05) is 6.07 Å².